The van der Waals surface area contributed by atoms with Gasteiger partial charge in [-0.3, -0.25) is 0 Å². The van der Waals surface area contributed by atoms with Gasteiger partial charge >= 0.3 is 0 Å². The minimum absolute atomic E-state index is 0.259. The van der Waals surface area contributed by atoms with Crippen LogP contribution in [0.4, 0.5) is 11.6 Å². The Bertz CT molecular complexity index is 803. The summed E-state index contributed by atoms with van der Waals surface area (Å²) in [5.41, 5.74) is 3.72. The average molecular weight is 302 g/mol. The summed E-state index contributed by atoms with van der Waals surface area (Å²) < 4.78 is 10.7. The maximum atomic E-state index is 6.03. The third kappa shape index (κ3) is 2.15. The number of imidazole rings is 1. The molecule has 0 saturated heterocycles. The molecule has 3 aromatic rings. The first-order chi connectivity index (χ1) is 10.2. The summed E-state index contributed by atoms with van der Waals surface area (Å²) in [5.74, 6) is 2.11. The van der Waals surface area contributed by atoms with Crippen LogP contribution in [0, 0.1) is 6.92 Å². The van der Waals surface area contributed by atoms with E-state index in [0.717, 1.165) is 33.8 Å². The number of benzene rings is 2. The summed E-state index contributed by atoms with van der Waals surface area (Å²) in [7, 11) is 0. The molecule has 0 fully saturated rings. The van der Waals surface area contributed by atoms with Crippen LogP contribution in [0.15, 0.2) is 30.3 Å². The lowest BCUT2D eigenvalue weighted by Crippen LogP contribution is -1.94. The number of anilines is 2. The van der Waals surface area contributed by atoms with Crippen LogP contribution in [-0.2, 0) is 0 Å². The Hall–Kier alpha value is -2.40. The molecule has 0 radical (unpaired) electrons. The Morgan fingerprint density at radius 2 is 2.00 bits per heavy atom. The highest BCUT2D eigenvalue weighted by Crippen LogP contribution is 2.36. The second-order valence-corrected chi connectivity index (χ2v) is 5.33. The number of hydrogen-bond donors (Lipinski definition) is 2. The predicted molar refractivity (Wildman–Crippen MR) is 81.7 cm³/mol. The number of ether oxygens (including phenoxy) is 2. The molecule has 0 saturated carbocycles. The van der Waals surface area contributed by atoms with Gasteiger partial charge in [-0.2, -0.15) is 0 Å². The molecule has 2 N–H and O–H groups in total. The maximum absolute atomic E-state index is 6.03. The van der Waals surface area contributed by atoms with Crippen molar-refractivity contribution < 1.29 is 9.47 Å². The molecule has 0 atom stereocenters. The van der Waals surface area contributed by atoms with Crippen LogP contribution >= 0.6 is 11.6 Å². The first-order valence-corrected chi connectivity index (χ1v) is 6.89. The fraction of sp³-hybridized carbons (Fsp3) is 0.133. The van der Waals surface area contributed by atoms with Crippen molar-refractivity contribution in [3.8, 4) is 11.5 Å². The minimum atomic E-state index is 0.259. The molecule has 0 unspecified atom stereocenters. The summed E-state index contributed by atoms with van der Waals surface area (Å²) in [4.78, 5) is 7.73. The summed E-state index contributed by atoms with van der Waals surface area (Å²) in [6, 6.07) is 9.45. The van der Waals surface area contributed by atoms with Crippen LogP contribution in [0.2, 0.25) is 5.02 Å². The quantitative estimate of drug-likeness (QED) is 0.751. The van der Waals surface area contributed by atoms with Crippen LogP contribution in [0.25, 0.3) is 11.0 Å². The largest absolute Gasteiger partial charge is 0.454 e. The highest BCUT2D eigenvalue weighted by molar-refractivity contribution is 6.30. The van der Waals surface area contributed by atoms with E-state index in [1.54, 1.807) is 0 Å². The van der Waals surface area contributed by atoms with E-state index >= 15 is 0 Å². The SMILES string of the molecule is Cc1ccc(Cl)cc1Nc1nc2cc3c(cc2[nH]1)OCO3. The Balaban J connectivity index is 1.72. The summed E-state index contributed by atoms with van der Waals surface area (Å²) in [6.45, 7) is 2.27. The fourth-order valence-electron chi connectivity index (χ4n) is 2.32. The van der Waals surface area contributed by atoms with Crippen molar-refractivity contribution in [1.82, 2.24) is 9.97 Å². The third-order valence-electron chi connectivity index (χ3n) is 3.43. The zero-order chi connectivity index (χ0) is 14.4. The van der Waals surface area contributed by atoms with Crippen molar-refractivity contribution in [2.45, 2.75) is 6.92 Å². The smallest absolute Gasteiger partial charge is 0.231 e. The van der Waals surface area contributed by atoms with Crippen molar-refractivity contribution in [3.63, 3.8) is 0 Å². The van der Waals surface area contributed by atoms with E-state index in [1.165, 1.54) is 0 Å². The number of aromatic nitrogens is 2. The Morgan fingerprint density at radius 3 is 2.86 bits per heavy atom. The van der Waals surface area contributed by atoms with Gasteiger partial charge in [0.15, 0.2) is 11.5 Å². The molecule has 0 aliphatic carbocycles. The van der Waals surface area contributed by atoms with Crippen molar-refractivity contribution in [2.75, 3.05) is 12.1 Å². The van der Waals surface area contributed by atoms with E-state index in [-0.39, 0.29) is 6.79 Å². The van der Waals surface area contributed by atoms with E-state index in [9.17, 15) is 0 Å². The summed E-state index contributed by atoms with van der Waals surface area (Å²) >= 11 is 6.03. The first-order valence-electron chi connectivity index (χ1n) is 6.51. The number of fused-ring (bicyclic) bond motifs is 2. The summed E-state index contributed by atoms with van der Waals surface area (Å²) in [6.07, 6.45) is 0. The zero-order valence-electron chi connectivity index (χ0n) is 11.2. The Labute approximate surface area is 125 Å². The molecule has 4 rings (SSSR count). The van der Waals surface area contributed by atoms with Crippen LogP contribution in [-0.4, -0.2) is 16.8 Å². The molecular weight excluding hydrogens is 290 g/mol. The van der Waals surface area contributed by atoms with Crippen LogP contribution in [0.1, 0.15) is 5.56 Å². The normalized spacial score (nSPS) is 12.9. The number of H-pyrrole nitrogens is 1. The second kappa shape index (κ2) is 4.56. The van der Waals surface area contributed by atoms with Gasteiger partial charge < -0.3 is 19.8 Å². The van der Waals surface area contributed by atoms with Gasteiger partial charge in [0.25, 0.3) is 0 Å². The van der Waals surface area contributed by atoms with Gasteiger partial charge in [-0.05, 0) is 24.6 Å². The third-order valence-corrected chi connectivity index (χ3v) is 3.66. The van der Waals surface area contributed by atoms with Crippen LogP contribution in [0.3, 0.4) is 0 Å². The lowest BCUT2D eigenvalue weighted by molar-refractivity contribution is 0.174. The zero-order valence-corrected chi connectivity index (χ0v) is 12.0. The van der Waals surface area contributed by atoms with Crippen LogP contribution < -0.4 is 14.8 Å². The van der Waals surface area contributed by atoms with Gasteiger partial charge in [0, 0.05) is 22.8 Å². The van der Waals surface area contributed by atoms with E-state index in [1.807, 2.05) is 37.3 Å². The Kier molecular flexibility index (Phi) is 2.68. The minimum Gasteiger partial charge on any atom is -0.454 e. The van der Waals surface area contributed by atoms with E-state index < -0.39 is 0 Å². The van der Waals surface area contributed by atoms with Gasteiger partial charge in [0.2, 0.25) is 12.7 Å². The molecule has 6 heteroatoms. The molecule has 21 heavy (non-hydrogen) atoms. The molecule has 1 aliphatic heterocycles. The van der Waals surface area contributed by atoms with E-state index in [0.29, 0.717) is 11.0 Å². The molecular formula is C15H12ClN3O2. The monoisotopic (exact) mass is 301 g/mol. The molecule has 0 spiro atoms. The number of halogens is 1. The number of nitrogens with one attached hydrogen (secondary N) is 2. The van der Waals surface area contributed by atoms with Crippen LogP contribution in [0.5, 0.6) is 11.5 Å². The first kappa shape index (κ1) is 12.3. The van der Waals surface area contributed by atoms with Gasteiger partial charge in [-0.1, -0.05) is 17.7 Å². The van der Waals surface area contributed by atoms with Crippen molar-refractivity contribution in [1.29, 1.82) is 0 Å². The topological polar surface area (TPSA) is 59.2 Å². The number of nitrogens with zero attached hydrogens (tertiary/aromatic N) is 1. The molecule has 2 aromatic carbocycles. The lowest BCUT2D eigenvalue weighted by Gasteiger charge is -2.06. The Morgan fingerprint density at radius 1 is 1.19 bits per heavy atom. The number of aromatic amines is 1. The van der Waals surface area contributed by atoms with E-state index in [2.05, 4.69) is 15.3 Å². The number of hydrogen-bond acceptors (Lipinski definition) is 4. The molecule has 0 amide bonds. The second-order valence-electron chi connectivity index (χ2n) is 4.89. The predicted octanol–water partition coefficient (Wildman–Crippen LogP) is 4.00. The van der Waals surface area contributed by atoms with Crippen molar-refractivity contribution >= 4 is 34.3 Å². The number of rotatable bonds is 2. The molecule has 106 valence electrons. The average Bonchev–Trinajstić information content (AvgIpc) is 3.05. The molecule has 2 heterocycles. The van der Waals surface area contributed by atoms with Gasteiger partial charge in [0.1, 0.15) is 0 Å². The summed E-state index contributed by atoms with van der Waals surface area (Å²) in [5, 5.41) is 3.93. The maximum Gasteiger partial charge on any atom is 0.231 e. The standard InChI is InChI=1S/C15H12ClN3O2/c1-8-2-3-9(16)4-10(8)17-15-18-11-5-13-14(21-7-20-13)6-12(11)19-15/h2-6H,7H2,1H3,(H2,17,18,19). The highest BCUT2D eigenvalue weighted by Gasteiger charge is 2.16. The number of aryl methyl sites for hydroxylation is 1. The fourth-order valence-corrected chi connectivity index (χ4v) is 2.49. The molecule has 1 aliphatic rings. The van der Waals surface area contributed by atoms with Gasteiger partial charge in [-0.25, -0.2) is 4.98 Å². The van der Waals surface area contributed by atoms with Gasteiger partial charge in [-0.15, -0.1) is 0 Å². The lowest BCUT2D eigenvalue weighted by atomic mass is 10.2. The molecule has 1 aromatic heterocycles. The van der Waals surface area contributed by atoms with Crippen molar-refractivity contribution in [3.05, 3.63) is 40.9 Å². The van der Waals surface area contributed by atoms with Crippen molar-refractivity contribution in [2.24, 2.45) is 0 Å². The van der Waals surface area contributed by atoms with Gasteiger partial charge in [0.05, 0.1) is 11.0 Å². The molecule has 5 nitrogen and oxygen atoms in total. The van der Waals surface area contributed by atoms with E-state index in [4.69, 9.17) is 21.1 Å². The molecule has 0 bridgehead atoms. The highest BCUT2D eigenvalue weighted by atomic mass is 35.5.